The van der Waals surface area contributed by atoms with Crippen molar-refractivity contribution in [3.8, 4) is 5.69 Å². The molecule has 0 bridgehead atoms. The van der Waals surface area contributed by atoms with E-state index in [9.17, 15) is 9.59 Å². The first-order chi connectivity index (χ1) is 14.5. The molecule has 1 amide bonds. The first-order valence-electron chi connectivity index (χ1n) is 9.96. The third-order valence-corrected chi connectivity index (χ3v) is 6.37. The van der Waals surface area contributed by atoms with E-state index in [1.54, 1.807) is 4.57 Å². The van der Waals surface area contributed by atoms with Crippen LogP contribution in [-0.2, 0) is 4.79 Å². The van der Waals surface area contributed by atoms with Crippen LogP contribution < -0.4 is 10.9 Å². The van der Waals surface area contributed by atoms with Gasteiger partial charge in [-0.05, 0) is 50.5 Å². The quantitative estimate of drug-likeness (QED) is 0.503. The molecule has 1 atom stereocenters. The van der Waals surface area contributed by atoms with E-state index in [0.717, 1.165) is 29.6 Å². The van der Waals surface area contributed by atoms with Crippen molar-refractivity contribution in [3.63, 3.8) is 0 Å². The van der Waals surface area contributed by atoms with E-state index < -0.39 is 0 Å². The molecule has 2 heterocycles. The fraction of sp³-hybridized carbons (Fsp3) is 0.273. The lowest BCUT2D eigenvalue weighted by Crippen LogP contribution is -2.32. The zero-order valence-corrected chi connectivity index (χ0v) is 17.5. The van der Waals surface area contributed by atoms with E-state index in [1.807, 2.05) is 66.8 Å². The molecule has 4 aromatic rings. The molecule has 5 rings (SSSR count). The van der Waals surface area contributed by atoms with E-state index in [4.69, 9.17) is 0 Å². The van der Waals surface area contributed by atoms with E-state index in [2.05, 4.69) is 15.5 Å². The van der Waals surface area contributed by atoms with Crippen LogP contribution in [0.2, 0.25) is 0 Å². The Kier molecular flexibility index (Phi) is 4.58. The van der Waals surface area contributed by atoms with Crippen molar-refractivity contribution in [1.82, 2.24) is 24.5 Å². The zero-order chi connectivity index (χ0) is 20.8. The summed E-state index contributed by atoms with van der Waals surface area (Å²) in [5, 5.41) is 12.6. The van der Waals surface area contributed by atoms with Crippen LogP contribution in [0.5, 0.6) is 0 Å². The number of carbonyl (C=O) groups is 1. The molecule has 1 saturated carbocycles. The Morgan fingerprint density at radius 1 is 1.13 bits per heavy atom. The highest BCUT2D eigenvalue weighted by atomic mass is 32.2. The van der Waals surface area contributed by atoms with E-state index >= 15 is 0 Å². The lowest BCUT2D eigenvalue weighted by Gasteiger charge is -2.14. The summed E-state index contributed by atoms with van der Waals surface area (Å²) in [7, 11) is 0. The standard InChI is InChI=1S/C22H21N5O2S/c1-13-7-3-5-9-17(13)26-20(29)16-8-4-6-10-18(16)27-21(26)24-25-22(27)30-14(2)19(28)23-15-11-12-15/h3-10,14-15H,11-12H2,1-2H3,(H,23,28). The Balaban J connectivity index is 1.70. The van der Waals surface area contributed by atoms with E-state index in [-0.39, 0.29) is 16.7 Å². The maximum Gasteiger partial charge on any atom is 0.267 e. The Bertz CT molecular complexity index is 1340. The Hall–Kier alpha value is -3.13. The maximum atomic E-state index is 13.4. The molecule has 1 N–H and O–H groups in total. The predicted molar refractivity (Wildman–Crippen MR) is 117 cm³/mol. The highest BCUT2D eigenvalue weighted by Crippen LogP contribution is 2.27. The molecule has 0 saturated heterocycles. The average molecular weight is 420 g/mol. The number of aromatic nitrogens is 4. The predicted octanol–water partition coefficient (Wildman–Crippen LogP) is 3.10. The number of hydrogen-bond acceptors (Lipinski definition) is 5. The molecule has 2 aromatic carbocycles. The summed E-state index contributed by atoms with van der Waals surface area (Å²) in [6.07, 6.45) is 2.09. The van der Waals surface area contributed by atoms with Gasteiger partial charge in [0.2, 0.25) is 11.7 Å². The number of hydrogen-bond donors (Lipinski definition) is 1. The van der Waals surface area contributed by atoms with Crippen LogP contribution in [0.25, 0.3) is 22.4 Å². The van der Waals surface area contributed by atoms with Gasteiger partial charge in [-0.1, -0.05) is 42.1 Å². The summed E-state index contributed by atoms with van der Waals surface area (Å²) < 4.78 is 3.47. The van der Waals surface area contributed by atoms with Gasteiger partial charge in [-0.3, -0.25) is 14.0 Å². The van der Waals surface area contributed by atoms with Gasteiger partial charge < -0.3 is 5.32 Å². The Morgan fingerprint density at radius 2 is 1.87 bits per heavy atom. The Morgan fingerprint density at radius 3 is 2.63 bits per heavy atom. The third kappa shape index (κ3) is 3.17. The van der Waals surface area contributed by atoms with Gasteiger partial charge in [-0.15, -0.1) is 10.2 Å². The molecule has 30 heavy (non-hydrogen) atoms. The molecule has 1 unspecified atom stereocenters. The number of aryl methyl sites for hydroxylation is 1. The normalized spacial score (nSPS) is 14.9. The zero-order valence-electron chi connectivity index (χ0n) is 16.7. The van der Waals surface area contributed by atoms with Crippen LogP contribution in [0.15, 0.2) is 58.5 Å². The fourth-order valence-electron chi connectivity index (χ4n) is 3.54. The second kappa shape index (κ2) is 7.28. The highest BCUT2D eigenvalue weighted by molar-refractivity contribution is 8.00. The topological polar surface area (TPSA) is 81.3 Å². The number of thioether (sulfide) groups is 1. The molecule has 1 aliphatic carbocycles. The van der Waals surface area contributed by atoms with Crippen molar-refractivity contribution in [2.75, 3.05) is 0 Å². The number of nitrogens with zero attached hydrogens (tertiary/aromatic N) is 4. The van der Waals surface area contributed by atoms with Crippen LogP contribution in [0.1, 0.15) is 25.3 Å². The highest BCUT2D eigenvalue weighted by Gasteiger charge is 2.27. The molecule has 152 valence electrons. The number of rotatable bonds is 5. The molecule has 1 fully saturated rings. The number of amides is 1. The van der Waals surface area contributed by atoms with Gasteiger partial charge in [-0.2, -0.15) is 0 Å². The minimum atomic E-state index is -0.324. The first-order valence-corrected chi connectivity index (χ1v) is 10.8. The number of fused-ring (bicyclic) bond motifs is 3. The summed E-state index contributed by atoms with van der Waals surface area (Å²) >= 11 is 1.35. The largest absolute Gasteiger partial charge is 0.352 e. The second-order valence-electron chi connectivity index (χ2n) is 7.61. The summed E-state index contributed by atoms with van der Waals surface area (Å²) in [5.74, 6) is 0.432. The lowest BCUT2D eigenvalue weighted by atomic mass is 10.2. The summed E-state index contributed by atoms with van der Waals surface area (Å²) in [6.45, 7) is 3.83. The summed E-state index contributed by atoms with van der Waals surface area (Å²) in [5.41, 5.74) is 2.31. The average Bonchev–Trinajstić information content (AvgIpc) is 3.47. The molecule has 2 aromatic heterocycles. The van der Waals surface area contributed by atoms with E-state index in [0.29, 0.717) is 22.4 Å². The van der Waals surface area contributed by atoms with Crippen molar-refractivity contribution < 1.29 is 4.79 Å². The second-order valence-corrected chi connectivity index (χ2v) is 8.91. The minimum Gasteiger partial charge on any atom is -0.352 e. The maximum absolute atomic E-state index is 13.4. The van der Waals surface area contributed by atoms with Gasteiger partial charge >= 0.3 is 0 Å². The van der Waals surface area contributed by atoms with Crippen LogP contribution in [0, 0.1) is 6.92 Å². The van der Waals surface area contributed by atoms with Gasteiger partial charge in [0.25, 0.3) is 5.56 Å². The lowest BCUT2D eigenvalue weighted by molar-refractivity contribution is -0.120. The number of carbonyl (C=O) groups excluding carboxylic acids is 1. The van der Waals surface area contributed by atoms with Crippen LogP contribution in [0.3, 0.4) is 0 Å². The third-order valence-electron chi connectivity index (χ3n) is 5.33. The van der Waals surface area contributed by atoms with Gasteiger partial charge in [0.15, 0.2) is 5.16 Å². The summed E-state index contributed by atoms with van der Waals surface area (Å²) in [4.78, 5) is 25.8. The fourth-order valence-corrected chi connectivity index (χ4v) is 4.41. The van der Waals surface area contributed by atoms with Crippen molar-refractivity contribution in [2.24, 2.45) is 0 Å². The van der Waals surface area contributed by atoms with Crippen LogP contribution >= 0.6 is 11.8 Å². The van der Waals surface area contributed by atoms with Crippen molar-refractivity contribution in [2.45, 2.75) is 43.1 Å². The van der Waals surface area contributed by atoms with Gasteiger partial charge in [-0.25, -0.2) is 4.57 Å². The first kappa shape index (κ1) is 18.9. The summed E-state index contributed by atoms with van der Waals surface area (Å²) in [6, 6.07) is 15.4. The SMILES string of the molecule is Cc1ccccc1-n1c(=O)c2ccccc2n2c(SC(C)C(=O)NC3CC3)nnc12. The Labute approximate surface area is 177 Å². The van der Waals surface area contributed by atoms with Crippen molar-refractivity contribution in [1.29, 1.82) is 0 Å². The van der Waals surface area contributed by atoms with Crippen molar-refractivity contribution >= 4 is 34.3 Å². The van der Waals surface area contributed by atoms with E-state index in [1.165, 1.54) is 11.8 Å². The molecule has 1 aliphatic rings. The molecular formula is C22H21N5O2S. The molecule has 0 aliphatic heterocycles. The van der Waals surface area contributed by atoms with Gasteiger partial charge in [0.1, 0.15) is 0 Å². The monoisotopic (exact) mass is 419 g/mol. The molecular weight excluding hydrogens is 398 g/mol. The molecule has 0 spiro atoms. The molecule has 0 radical (unpaired) electrons. The number of benzene rings is 2. The van der Waals surface area contributed by atoms with Gasteiger partial charge in [0.05, 0.1) is 21.8 Å². The number of nitrogens with one attached hydrogen (secondary N) is 1. The molecule has 8 heteroatoms. The van der Waals surface area contributed by atoms with Crippen LogP contribution in [-0.4, -0.2) is 36.4 Å². The van der Waals surface area contributed by atoms with Crippen molar-refractivity contribution in [3.05, 3.63) is 64.4 Å². The minimum absolute atomic E-state index is 0.00391. The van der Waals surface area contributed by atoms with Gasteiger partial charge in [0, 0.05) is 6.04 Å². The number of para-hydroxylation sites is 2. The van der Waals surface area contributed by atoms with Crippen LogP contribution in [0.4, 0.5) is 0 Å². The molecule has 7 nitrogen and oxygen atoms in total. The smallest absolute Gasteiger partial charge is 0.267 e.